The Labute approximate surface area is 197 Å². The fourth-order valence-electron chi connectivity index (χ4n) is 4.76. The number of fused-ring (bicyclic) bond motifs is 2. The van der Waals surface area contributed by atoms with Gasteiger partial charge in [-0.3, -0.25) is 18.7 Å². The normalized spacial score (nSPS) is 12.6. The first-order chi connectivity index (χ1) is 16.3. The lowest BCUT2D eigenvalue weighted by molar-refractivity contribution is -0.137. The Balaban J connectivity index is 1.95. The second kappa shape index (κ2) is 9.71. The maximum Gasteiger partial charge on any atom is 0.332 e. The molecule has 0 amide bonds. The fraction of sp³-hybridized carbons (Fsp3) is 0.370. The zero-order valence-corrected chi connectivity index (χ0v) is 19.9. The van der Waals surface area contributed by atoms with Crippen molar-refractivity contribution in [1.29, 1.82) is 0 Å². The fourth-order valence-corrected chi connectivity index (χ4v) is 4.76. The number of carboxylic acids is 1. The number of para-hydroxylation sites is 1. The van der Waals surface area contributed by atoms with Crippen molar-refractivity contribution in [2.45, 2.75) is 59.0 Å². The Kier molecular flexibility index (Phi) is 6.72. The first-order valence-electron chi connectivity index (χ1n) is 11.8. The average molecular weight is 462 g/mol. The highest BCUT2D eigenvalue weighted by Gasteiger charge is 2.22. The van der Waals surface area contributed by atoms with Crippen LogP contribution in [0, 0.1) is 5.92 Å². The molecule has 0 aliphatic rings. The number of nitrogens with one attached hydrogen (secondary N) is 1. The molecule has 4 rings (SSSR count). The van der Waals surface area contributed by atoms with E-state index in [2.05, 4.69) is 18.8 Å². The van der Waals surface area contributed by atoms with E-state index in [1.807, 2.05) is 55.6 Å². The van der Waals surface area contributed by atoms with Gasteiger partial charge in [0, 0.05) is 29.2 Å². The SMILES string of the molecule is CC(C)CCCc1cccc2c1c(=O)n(CCC(=O)O)c(=O)n2C(C)c1c[nH]c2ccccc12. The molecule has 7 heteroatoms. The molecule has 2 heterocycles. The molecule has 2 aromatic carbocycles. The molecule has 2 aromatic heterocycles. The molecular weight excluding hydrogens is 430 g/mol. The van der Waals surface area contributed by atoms with Gasteiger partial charge in [-0.1, -0.05) is 50.6 Å². The maximum absolute atomic E-state index is 13.6. The number of rotatable bonds is 9. The molecule has 0 radical (unpaired) electrons. The van der Waals surface area contributed by atoms with Gasteiger partial charge < -0.3 is 10.1 Å². The molecule has 0 aliphatic heterocycles. The van der Waals surface area contributed by atoms with Crippen molar-refractivity contribution in [3.63, 3.8) is 0 Å². The number of nitrogens with zero attached hydrogens (tertiary/aromatic N) is 2. The van der Waals surface area contributed by atoms with Crippen LogP contribution in [0.25, 0.3) is 21.8 Å². The third-order valence-corrected chi connectivity index (χ3v) is 6.52. The van der Waals surface area contributed by atoms with Gasteiger partial charge in [0.15, 0.2) is 0 Å². The first-order valence-corrected chi connectivity index (χ1v) is 11.8. The molecule has 34 heavy (non-hydrogen) atoms. The van der Waals surface area contributed by atoms with E-state index < -0.39 is 17.2 Å². The zero-order chi connectivity index (χ0) is 24.4. The van der Waals surface area contributed by atoms with E-state index in [9.17, 15) is 19.5 Å². The summed E-state index contributed by atoms with van der Waals surface area (Å²) >= 11 is 0. The molecule has 1 atom stereocenters. The smallest absolute Gasteiger partial charge is 0.332 e. The van der Waals surface area contributed by atoms with Crippen molar-refractivity contribution in [3.05, 3.63) is 80.6 Å². The number of aryl methyl sites for hydroxylation is 1. The summed E-state index contributed by atoms with van der Waals surface area (Å²) in [6, 6.07) is 13.2. The number of carboxylic acid groups (broad SMARTS) is 1. The third-order valence-electron chi connectivity index (χ3n) is 6.52. The summed E-state index contributed by atoms with van der Waals surface area (Å²) in [4.78, 5) is 41.6. The Bertz CT molecular complexity index is 1460. The van der Waals surface area contributed by atoms with Crippen LogP contribution in [-0.2, 0) is 17.8 Å². The number of carbonyl (C=O) groups is 1. The lowest BCUT2D eigenvalue weighted by Crippen LogP contribution is -2.42. The molecule has 1 unspecified atom stereocenters. The van der Waals surface area contributed by atoms with Crippen LogP contribution in [0.4, 0.5) is 0 Å². The molecular formula is C27H31N3O4. The number of aliphatic carboxylic acids is 1. The Morgan fingerprint density at radius 2 is 1.82 bits per heavy atom. The molecule has 2 N–H and O–H groups in total. The van der Waals surface area contributed by atoms with Crippen LogP contribution in [0.5, 0.6) is 0 Å². The van der Waals surface area contributed by atoms with E-state index in [0.29, 0.717) is 16.8 Å². The summed E-state index contributed by atoms with van der Waals surface area (Å²) in [5.41, 5.74) is 2.48. The second-order valence-electron chi connectivity index (χ2n) is 9.32. The predicted octanol–water partition coefficient (Wildman–Crippen LogP) is 4.71. The lowest BCUT2D eigenvalue weighted by atomic mass is 9.99. The second-order valence-corrected chi connectivity index (χ2v) is 9.32. The first kappa shape index (κ1) is 23.5. The van der Waals surface area contributed by atoms with Crippen LogP contribution in [0.3, 0.4) is 0 Å². The highest BCUT2D eigenvalue weighted by atomic mass is 16.4. The zero-order valence-electron chi connectivity index (χ0n) is 19.9. The quantitative estimate of drug-likeness (QED) is 0.377. The van der Waals surface area contributed by atoms with Gasteiger partial charge in [-0.25, -0.2) is 4.79 Å². The molecule has 0 saturated heterocycles. The lowest BCUT2D eigenvalue weighted by Gasteiger charge is -2.21. The molecule has 0 fully saturated rings. The maximum atomic E-state index is 13.6. The van der Waals surface area contributed by atoms with Crippen molar-refractivity contribution < 1.29 is 9.90 Å². The van der Waals surface area contributed by atoms with Crippen LogP contribution in [0.1, 0.15) is 57.2 Å². The van der Waals surface area contributed by atoms with Gasteiger partial charge in [0.1, 0.15) is 0 Å². The van der Waals surface area contributed by atoms with E-state index in [1.54, 1.807) is 4.57 Å². The molecule has 7 nitrogen and oxygen atoms in total. The van der Waals surface area contributed by atoms with E-state index >= 15 is 0 Å². The Morgan fingerprint density at radius 1 is 1.06 bits per heavy atom. The van der Waals surface area contributed by atoms with Crippen molar-refractivity contribution in [2.75, 3.05) is 0 Å². The van der Waals surface area contributed by atoms with Crippen LogP contribution >= 0.6 is 0 Å². The standard InChI is InChI=1S/C27H31N3O4/c1-17(2)8-6-9-19-10-7-13-23-25(19)26(33)29(15-14-24(31)32)27(34)30(23)18(3)21-16-28-22-12-5-4-11-20(21)22/h4-5,7,10-13,16-18,28H,6,8-9,14-15H2,1-3H3,(H,31,32). The molecule has 178 valence electrons. The number of hydrogen-bond acceptors (Lipinski definition) is 3. The van der Waals surface area contributed by atoms with Gasteiger partial charge in [-0.05, 0) is 43.4 Å². The topological polar surface area (TPSA) is 97.1 Å². The summed E-state index contributed by atoms with van der Waals surface area (Å²) in [6.07, 6.45) is 4.30. The van der Waals surface area contributed by atoms with Gasteiger partial charge in [-0.15, -0.1) is 0 Å². The molecule has 0 spiro atoms. The number of aromatic amines is 1. The van der Waals surface area contributed by atoms with Crippen LogP contribution in [0.2, 0.25) is 0 Å². The number of aromatic nitrogens is 3. The van der Waals surface area contributed by atoms with Crippen LogP contribution < -0.4 is 11.2 Å². The van der Waals surface area contributed by atoms with Crippen molar-refractivity contribution in [3.8, 4) is 0 Å². The largest absolute Gasteiger partial charge is 0.481 e. The highest BCUT2D eigenvalue weighted by Crippen LogP contribution is 2.28. The van der Waals surface area contributed by atoms with Crippen molar-refractivity contribution in [2.24, 2.45) is 5.92 Å². The minimum atomic E-state index is -1.05. The third kappa shape index (κ3) is 4.42. The summed E-state index contributed by atoms with van der Waals surface area (Å²) in [6.45, 7) is 6.11. The average Bonchev–Trinajstić information content (AvgIpc) is 3.22. The van der Waals surface area contributed by atoms with Gasteiger partial charge in [0.2, 0.25) is 0 Å². The molecule has 0 bridgehead atoms. The minimum absolute atomic E-state index is 0.163. The van der Waals surface area contributed by atoms with Crippen LogP contribution in [0.15, 0.2) is 58.3 Å². The van der Waals surface area contributed by atoms with E-state index in [1.165, 1.54) is 0 Å². The van der Waals surface area contributed by atoms with Crippen molar-refractivity contribution >= 4 is 27.8 Å². The van der Waals surface area contributed by atoms with Gasteiger partial charge in [0.05, 0.1) is 23.4 Å². The van der Waals surface area contributed by atoms with Crippen LogP contribution in [-0.4, -0.2) is 25.2 Å². The van der Waals surface area contributed by atoms with E-state index in [4.69, 9.17) is 0 Å². The molecule has 4 aromatic rings. The highest BCUT2D eigenvalue weighted by molar-refractivity contribution is 5.85. The number of H-pyrrole nitrogens is 1. The Morgan fingerprint density at radius 3 is 2.56 bits per heavy atom. The minimum Gasteiger partial charge on any atom is -0.481 e. The summed E-state index contributed by atoms with van der Waals surface area (Å²) in [7, 11) is 0. The predicted molar refractivity (Wildman–Crippen MR) is 135 cm³/mol. The van der Waals surface area contributed by atoms with Crippen molar-refractivity contribution in [1.82, 2.24) is 14.1 Å². The van der Waals surface area contributed by atoms with Gasteiger partial charge >= 0.3 is 11.7 Å². The molecule has 0 aliphatic carbocycles. The van der Waals surface area contributed by atoms with Gasteiger partial charge in [0.25, 0.3) is 5.56 Å². The summed E-state index contributed by atoms with van der Waals surface area (Å²) in [5.74, 6) is -0.491. The summed E-state index contributed by atoms with van der Waals surface area (Å²) in [5, 5.41) is 10.7. The monoisotopic (exact) mass is 461 g/mol. The van der Waals surface area contributed by atoms with E-state index in [0.717, 1.165) is 45.9 Å². The van der Waals surface area contributed by atoms with E-state index in [-0.39, 0.29) is 19.0 Å². The summed E-state index contributed by atoms with van der Waals surface area (Å²) < 4.78 is 2.73. The number of benzene rings is 2. The molecule has 0 saturated carbocycles. The van der Waals surface area contributed by atoms with Gasteiger partial charge in [-0.2, -0.15) is 0 Å². The number of hydrogen-bond donors (Lipinski definition) is 2. The Hall–Kier alpha value is -3.61.